The van der Waals surface area contributed by atoms with E-state index in [0.717, 1.165) is 23.0 Å². The van der Waals surface area contributed by atoms with Crippen LogP contribution in [0.2, 0.25) is 0 Å². The van der Waals surface area contributed by atoms with E-state index in [2.05, 4.69) is 24.2 Å². The van der Waals surface area contributed by atoms with Gasteiger partial charge in [-0.2, -0.15) is 0 Å². The van der Waals surface area contributed by atoms with Gasteiger partial charge in [0.1, 0.15) is 0 Å². The quantitative estimate of drug-likeness (QED) is 0.928. The Hall–Kier alpha value is -1.04. The molecule has 1 aromatic carbocycles. The van der Waals surface area contributed by atoms with Crippen LogP contribution in [0.25, 0.3) is 0 Å². The summed E-state index contributed by atoms with van der Waals surface area (Å²) in [6.07, 6.45) is -0.201. The highest BCUT2D eigenvalue weighted by Gasteiger charge is 2.22. The van der Waals surface area contributed by atoms with Gasteiger partial charge in [0.05, 0.1) is 19.8 Å². The van der Waals surface area contributed by atoms with Gasteiger partial charge in [0.2, 0.25) is 0 Å². The van der Waals surface area contributed by atoms with Crippen LogP contribution in [0.15, 0.2) is 29.3 Å². The smallest absolute Gasteiger partial charge is 0.184 e. The predicted molar refractivity (Wildman–Crippen MR) is 83.2 cm³/mol. The molecule has 20 heavy (non-hydrogen) atoms. The highest BCUT2D eigenvalue weighted by Crippen LogP contribution is 2.29. The van der Waals surface area contributed by atoms with E-state index in [1.807, 2.05) is 36.0 Å². The number of nitrogens with zero attached hydrogens (tertiary/aromatic N) is 1. The molecule has 0 aromatic heterocycles. The molecule has 1 unspecified atom stereocenters. The van der Waals surface area contributed by atoms with Gasteiger partial charge in [-0.1, -0.05) is 37.7 Å². The van der Waals surface area contributed by atoms with Gasteiger partial charge in [0.15, 0.2) is 11.5 Å². The highest BCUT2D eigenvalue weighted by molar-refractivity contribution is 8.15. The summed E-state index contributed by atoms with van der Waals surface area (Å²) in [7, 11) is 0. The van der Waals surface area contributed by atoms with Gasteiger partial charge in [-0.15, -0.1) is 0 Å². The monoisotopic (exact) mass is 292 g/mol. The number of aliphatic imine (C=N–C) groups is 1. The van der Waals surface area contributed by atoms with Crippen molar-refractivity contribution in [3.8, 4) is 0 Å². The largest absolute Gasteiger partial charge is 0.346 e. The van der Waals surface area contributed by atoms with Crippen LogP contribution in [-0.4, -0.2) is 30.2 Å². The number of nitrogens with one attached hydrogen (secondary N) is 1. The van der Waals surface area contributed by atoms with Crippen LogP contribution in [0.5, 0.6) is 0 Å². The molecule has 1 aromatic rings. The van der Waals surface area contributed by atoms with E-state index in [1.54, 1.807) is 0 Å². The summed E-state index contributed by atoms with van der Waals surface area (Å²) >= 11 is 1.83. The zero-order chi connectivity index (χ0) is 13.9. The molecule has 1 saturated heterocycles. The predicted octanol–water partition coefficient (Wildman–Crippen LogP) is 3.27. The van der Waals surface area contributed by atoms with Crippen molar-refractivity contribution in [2.24, 2.45) is 10.9 Å². The average molecular weight is 292 g/mol. The first-order valence-electron chi connectivity index (χ1n) is 7.03. The molecule has 2 aliphatic rings. The topological polar surface area (TPSA) is 42.9 Å². The van der Waals surface area contributed by atoms with E-state index in [4.69, 9.17) is 9.47 Å². The standard InChI is InChI=1S/C15H20N2O2S/c1-10(2)13-9-16-15(20-13)17-12-5-3-11(4-6-12)14-18-7-8-19-14/h3-6,10,13-14H,7-9H2,1-2H3,(H,16,17). The fourth-order valence-electron chi connectivity index (χ4n) is 2.20. The summed E-state index contributed by atoms with van der Waals surface area (Å²) in [6, 6.07) is 8.18. The van der Waals surface area contributed by atoms with Crippen LogP contribution in [0.1, 0.15) is 25.7 Å². The molecule has 0 aliphatic carbocycles. The fourth-order valence-corrected chi connectivity index (χ4v) is 3.24. The Bertz CT molecular complexity index is 481. The Kier molecular flexibility index (Phi) is 4.29. The lowest BCUT2D eigenvalue weighted by molar-refractivity contribution is -0.0441. The maximum atomic E-state index is 5.48. The van der Waals surface area contributed by atoms with E-state index in [0.29, 0.717) is 24.4 Å². The number of hydrogen-bond donors (Lipinski definition) is 1. The van der Waals surface area contributed by atoms with Gasteiger partial charge in [0.25, 0.3) is 0 Å². The van der Waals surface area contributed by atoms with E-state index in [9.17, 15) is 0 Å². The number of amidine groups is 1. The first-order valence-corrected chi connectivity index (χ1v) is 7.91. The van der Waals surface area contributed by atoms with Crippen molar-refractivity contribution >= 4 is 22.6 Å². The van der Waals surface area contributed by atoms with Crippen molar-refractivity contribution in [2.75, 3.05) is 25.1 Å². The van der Waals surface area contributed by atoms with Crippen molar-refractivity contribution in [2.45, 2.75) is 25.4 Å². The number of benzene rings is 1. The van der Waals surface area contributed by atoms with Gasteiger partial charge < -0.3 is 14.8 Å². The molecule has 1 fully saturated rings. The molecular weight excluding hydrogens is 272 g/mol. The molecule has 0 bridgehead atoms. The van der Waals surface area contributed by atoms with E-state index in [-0.39, 0.29) is 6.29 Å². The average Bonchev–Trinajstić information content (AvgIpc) is 3.10. The minimum absolute atomic E-state index is 0.201. The molecule has 2 heterocycles. The lowest BCUT2D eigenvalue weighted by atomic mass is 10.1. The van der Waals surface area contributed by atoms with Crippen molar-refractivity contribution in [3.63, 3.8) is 0 Å². The van der Waals surface area contributed by atoms with E-state index in [1.165, 1.54) is 0 Å². The minimum Gasteiger partial charge on any atom is -0.346 e. The maximum absolute atomic E-state index is 5.48. The summed E-state index contributed by atoms with van der Waals surface area (Å²) in [4.78, 5) is 4.55. The van der Waals surface area contributed by atoms with Gasteiger partial charge in [0, 0.05) is 16.5 Å². The number of rotatable bonds is 3. The van der Waals surface area contributed by atoms with Crippen molar-refractivity contribution in [1.29, 1.82) is 0 Å². The summed E-state index contributed by atoms with van der Waals surface area (Å²) in [5, 5.41) is 4.99. The fraction of sp³-hybridized carbons (Fsp3) is 0.533. The zero-order valence-electron chi connectivity index (χ0n) is 11.8. The van der Waals surface area contributed by atoms with Crippen LogP contribution in [0, 0.1) is 5.92 Å². The second-order valence-corrected chi connectivity index (χ2v) is 6.59. The van der Waals surface area contributed by atoms with E-state index >= 15 is 0 Å². The minimum atomic E-state index is -0.201. The molecule has 3 rings (SSSR count). The number of hydrogen-bond acceptors (Lipinski definition) is 5. The summed E-state index contributed by atoms with van der Waals surface area (Å²) in [6.45, 7) is 6.74. The van der Waals surface area contributed by atoms with Gasteiger partial charge in [-0.3, -0.25) is 4.99 Å². The highest BCUT2D eigenvalue weighted by atomic mass is 32.2. The van der Waals surface area contributed by atoms with E-state index < -0.39 is 0 Å². The molecule has 0 amide bonds. The van der Waals surface area contributed by atoms with Crippen molar-refractivity contribution in [3.05, 3.63) is 29.8 Å². The maximum Gasteiger partial charge on any atom is 0.184 e. The SMILES string of the molecule is CC(C)C1CN=C(Nc2ccc(C3OCCO3)cc2)S1. The third-order valence-electron chi connectivity index (χ3n) is 3.48. The van der Waals surface area contributed by atoms with Crippen LogP contribution < -0.4 is 5.32 Å². The summed E-state index contributed by atoms with van der Waals surface area (Å²) < 4.78 is 11.0. The molecular formula is C15H20N2O2S. The zero-order valence-corrected chi connectivity index (χ0v) is 12.7. The number of anilines is 1. The third kappa shape index (κ3) is 3.16. The Morgan fingerprint density at radius 1 is 1.20 bits per heavy atom. The number of thioether (sulfide) groups is 1. The Labute approximate surface area is 123 Å². The molecule has 1 N–H and O–H groups in total. The summed E-state index contributed by atoms with van der Waals surface area (Å²) in [5.74, 6) is 0.655. The molecule has 1 atom stereocenters. The molecule has 5 heteroatoms. The first-order chi connectivity index (χ1) is 9.72. The third-order valence-corrected chi connectivity index (χ3v) is 4.93. The Morgan fingerprint density at radius 2 is 1.90 bits per heavy atom. The van der Waals surface area contributed by atoms with Crippen molar-refractivity contribution in [1.82, 2.24) is 0 Å². The molecule has 0 radical (unpaired) electrons. The molecule has 2 aliphatic heterocycles. The normalized spacial score (nSPS) is 23.4. The molecule has 4 nitrogen and oxygen atoms in total. The lowest BCUT2D eigenvalue weighted by Gasteiger charge is -2.13. The van der Waals surface area contributed by atoms with Crippen LogP contribution in [-0.2, 0) is 9.47 Å². The summed E-state index contributed by atoms with van der Waals surface area (Å²) in [5.41, 5.74) is 2.12. The van der Waals surface area contributed by atoms with Gasteiger partial charge in [-0.25, -0.2) is 0 Å². The first kappa shape index (κ1) is 13.9. The molecule has 0 saturated carbocycles. The van der Waals surface area contributed by atoms with Gasteiger partial charge >= 0.3 is 0 Å². The Balaban J connectivity index is 1.58. The number of ether oxygens (including phenoxy) is 2. The van der Waals surface area contributed by atoms with Crippen LogP contribution in [0.4, 0.5) is 5.69 Å². The van der Waals surface area contributed by atoms with Crippen LogP contribution >= 0.6 is 11.8 Å². The van der Waals surface area contributed by atoms with Crippen LogP contribution in [0.3, 0.4) is 0 Å². The molecule has 108 valence electrons. The van der Waals surface area contributed by atoms with Gasteiger partial charge in [-0.05, 0) is 18.1 Å². The van der Waals surface area contributed by atoms with Crippen molar-refractivity contribution < 1.29 is 9.47 Å². The lowest BCUT2D eigenvalue weighted by Crippen LogP contribution is -2.13. The molecule has 0 spiro atoms. The second kappa shape index (κ2) is 6.16. The second-order valence-electron chi connectivity index (χ2n) is 5.37. The Morgan fingerprint density at radius 3 is 2.50 bits per heavy atom.